The lowest BCUT2D eigenvalue weighted by Gasteiger charge is -2.29. The van der Waals surface area contributed by atoms with Gasteiger partial charge in [-0.2, -0.15) is 10.1 Å². The molecule has 0 bridgehead atoms. The Labute approximate surface area is 207 Å². The number of hydrogen-bond acceptors (Lipinski definition) is 8. The van der Waals surface area contributed by atoms with Crippen molar-refractivity contribution in [2.75, 3.05) is 37.8 Å². The van der Waals surface area contributed by atoms with Crippen molar-refractivity contribution in [2.24, 2.45) is 10.2 Å². The molecule has 1 aromatic heterocycles. The molecule has 0 amide bonds. The van der Waals surface area contributed by atoms with Gasteiger partial charge in [0.25, 0.3) is 0 Å². The molecular weight excluding hydrogens is 444 g/mol. The van der Waals surface area contributed by atoms with Gasteiger partial charge < -0.3 is 19.1 Å². The number of azo groups is 1. The minimum absolute atomic E-state index is 0.0942. The van der Waals surface area contributed by atoms with Gasteiger partial charge in [-0.3, -0.25) is 4.79 Å². The molecule has 0 spiro atoms. The molecule has 0 N–H and O–H groups in total. The van der Waals surface area contributed by atoms with Gasteiger partial charge in [0.2, 0.25) is 5.88 Å². The zero-order chi connectivity index (χ0) is 24.3. The molecule has 0 unspecified atom stereocenters. The summed E-state index contributed by atoms with van der Waals surface area (Å²) in [5, 5.41) is 8.73. The lowest BCUT2D eigenvalue weighted by atomic mass is 9.98. The van der Waals surface area contributed by atoms with Crippen LogP contribution in [0.3, 0.4) is 0 Å². The Morgan fingerprint density at radius 3 is 2.77 bits per heavy atom. The van der Waals surface area contributed by atoms with Gasteiger partial charge in [-0.15, -0.1) is 5.11 Å². The van der Waals surface area contributed by atoms with Gasteiger partial charge in [-0.05, 0) is 44.6 Å². The minimum Gasteiger partial charge on any atom is -0.478 e. The monoisotopic (exact) mass is 480 g/mol. The van der Waals surface area contributed by atoms with E-state index in [0.717, 1.165) is 50.0 Å². The molecule has 8 nitrogen and oxygen atoms in total. The third kappa shape index (κ3) is 8.31. The van der Waals surface area contributed by atoms with E-state index in [1.807, 2.05) is 24.3 Å². The Bertz CT molecular complexity index is 985. The minimum atomic E-state index is -0.138. The van der Waals surface area contributed by atoms with Crippen molar-refractivity contribution in [3.63, 3.8) is 0 Å². The third-order valence-corrected chi connectivity index (χ3v) is 6.28. The number of pyridine rings is 1. The first kappa shape index (κ1) is 25.1. The molecule has 35 heavy (non-hydrogen) atoms. The van der Waals surface area contributed by atoms with E-state index in [-0.39, 0.29) is 12.1 Å². The lowest BCUT2D eigenvalue weighted by Crippen LogP contribution is -2.36. The fourth-order valence-electron chi connectivity index (χ4n) is 4.43. The first-order valence-electron chi connectivity index (χ1n) is 12.8. The van der Waals surface area contributed by atoms with Crippen LogP contribution in [0, 0.1) is 6.92 Å². The molecule has 8 heteroatoms. The maximum Gasteiger partial charge on any atom is 0.306 e. The van der Waals surface area contributed by atoms with Crippen LogP contribution in [0.5, 0.6) is 5.88 Å². The van der Waals surface area contributed by atoms with Crippen LogP contribution in [-0.4, -0.2) is 50.0 Å². The standard InChI is InChI=1S/C27H36N4O4/c1-21-7-5-8-22(17-21)20-28-30-25-18-23(31-12-15-33-16-13-31)19-26(29-25)34-14-6-11-27(32)35-24-9-3-2-4-10-24/h5,7-8,17-19,24H,2-4,6,9-16,20H2,1H3. The third-order valence-electron chi connectivity index (χ3n) is 6.28. The van der Waals surface area contributed by atoms with Gasteiger partial charge in [-0.1, -0.05) is 36.2 Å². The van der Waals surface area contributed by atoms with Crippen molar-refractivity contribution >= 4 is 17.5 Å². The number of carbonyl (C=O) groups is 1. The second-order valence-electron chi connectivity index (χ2n) is 9.21. The van der Waals surface area contributed by atoms with E-state index in [4.69, 9.17) is 14.2 Å². The highest BCUT2D eigenvalue weighted by Gasteiger charge is 2.18. The predicted molar refractivity (Wildman–Crippen MR) is 134 cm³/mol. The van der Waals surface area contributed by atoms with E-state index in [1.54, 1.807) is 0 Å². The normalized spacial score (nSPS) is 17.0. The largest absolute Gasteiger partial charge is 0.478 e. The predicted octanol–water partition coefficient (Wildman–Crippen LogP) is 5.55. The lowest BCUT2D eigenvalue weighted by molar-refractivity contribution is -0.150. The second kappa shape index (κ2) is 13.2. The van der Waals surface area contributed by atoms with E-state index in [2.05, 4.69) is 39.2 Å². The molecule has 1 aromatic carbocycles. The molecule has 1 saturated heterocycles. The van der Waals surface area contributed by atoms with Crippen LogP contribution in [0.25, 0.3) is 0 Å². The molecular formula is C27H36N4O4. The highest BCUT2D eigenvalue weighted by Crippen LogP contribution is 2.27. The molecule has 1 aliphatic carbocycles. The Balaban J connectivity index is 1.34. The van der Waals surface area contributed by atoms with Crippen molar-refractivity contribution < 1.29 is 19.0 Å². The molecule has 0 radical (unpaired) electrons. The zero-order valence-corrected chi connectivity index (χ0v) is 20.7. The molecule has 2 heterocycles. The number of rotatable bonds is 10. The van der Waals surface area contributed by atoms with Crippen molar-refractivity contribution in [1.82, 2.24) is 4.98 Å². The Kier molecular flexibility index (Phi) is 9.46. The Hall–Kier alpha value is -3.00. The van der Waals surface area contributed by atoms with E-state index in [0.29, 0.717) is 50.9 Å². The quantitative estimate of drug-likeness (QED) is 0.252. The van der Waals surface area contributed by atoms with E-state index < -0.39 is 0 Å². The number of benzene rings is 1. The summed E-state index contributed by atoms with van der Waals surface area (Å²) in [6.45, 7) is 5.92. The van der Waals surface area contributed by atoms with Gasteiger partial charge in [0.15, 0.2) is 5.82 Å². The first-order chi connectivity index (χ1) is 17.2. The topological polar surface area (TPSA) is 85.6 Å². The number of carbonyl (C=O) groups excluding carboxylic acids is 1. The summed E-state index contributed by atoms with van der Waals surface area (Å²) in [6, 6.07) is 12.1. The van der Waals surface area contributed by atoms with Gasteiger partial charge >= 0.3 is 5.97 Å². The summed E-state index contributed by atoms with van der Waals surface area (Å²) in [7, 11) is 0. The van der Waals surface area contributed by atoms with Crippen molar-refractivity contribution in [3.8, 4) is 5.88 Å². The van der Waals surface area contributed by atoms with Gasteiger partial charge in [0.05, 0.1) is 26.4 Å². The maximum absolute atomic E-state index is 12.2. The van der Waals surface area contributed by atoms with Crippen LogP contribution < -0.4 is 9.64 Å². The molecule has 0 atom stereocenters. The van der Waals surface area contributed by atoms with Gasteiger partial charge in [0, 0.05) is 37.3 Å². The number of aromatic nitrogens is 1. The van der Waals surface area contributed by atoms with Crippen molar-refractivity contribution in [2.45, 2.75) is 64.5 Å². The average molecular weight is 481 g/mol. The highest BCUT2D eigenvalue weighted by molar-refractivity contribution is 5.69. The number of ether oxygens (including phenoxy) is 3. The molecule has 2 fully saturated rings. The number of esters is 1. The number of anilines is 1. The summed E-state index contributed by atoms with van der Waals surface area (Å²) >= 11 is 0. The smallest absolute Gasteiger partial charge is 0.306 e. The van der Waals surface area contributed by atoms with Crippen LogP contribution in [0.1, 0.15) is 56.1 Å². The molecule has 1 aliphatic heterocycles. The summed E-state index contributed by atoms with van der Waals surface area (Å²) < 4.78 is 17.0. The molecule has 1 saturated carbocycles. The highest BCUT2D eigenvalue weighted by atomic mass is 16.5. The van der Waals surface area contributed by atoms with Crippen LogP contribution >= 0.6 is 0 Å². The summed E-state index contributed by atoms with van der Waals surface area (Å²) in [5.41, 5.74) is 3.29. The fourth-order valence-corrected chi connectivity index (χ4v) is 4.43. The van der Waals surface area contributed by atoms with Crippen LogP contribution in [0.4, 0.5) is 11.5 Å². The average Bonchev–Trinajstić information content (AvgIpc) is 2.88. The van der Waals surface area contributed by atoms with Crippen molar-refractivity contribution in [3.05, 3.63) is 47.5 Å². The molecule has 2 aliphatic rings. The van der Waals surface area contributed by atoms with Gasteiger partial charge in [0.1, 0.15) is 6.10 Å². The molecule has 4 rings (SSSR count). The maximum atomic E-state index is 12.2. The van der Waals surface area contributed by atoms with E-state index in [9.17, 15) is 4.79 Å². The fraction of sp³-hybridized carbons (Fsp3) is 0.556. The number of hydrogen-bond donors (Lipinski definition) is 0. The van der Waals surface area contributed by atoms with Crippen LogP contribution in [-0.2, 0) is 20.8 Å². The first-order valence-corrected chi connectivity index (χ1v) is 12.8. The van der Waals surface area contributed by atoms with E-state index >= 15 is 0 Å². The Morgan fingerprint density at radius 1 is 1.14 bits per heavy atom. The summed E-state index contributed by atoms with van der Waals surface area (Å²) in [6.07, 6.45) is 6.54. The number of nitrogens with zero attached hydrogens (tertiary/aromatic N) is 4. The van der Waals surface area contributed by atoms with Crippen molar-refractivity contribution in [1.29, 1.82) is 0 Å². The van der Waals surface area contributed by atoms with Crippen LogP contribution in [0.2, 0.25) is 0 Å². The van der Waals surface area contributed by atoms with Gasteiger partial charge in [-0.25, -0.2) is 0 Å². The number of aryl methyl sites for hydroxylation is 1. The molecule has 188 valence electrons. The molecule has 2 aromatic rings. The SMILES string of the molecule is Cc1cccc(CN=Nc2cc(N3CCOCC3)cc(OCCCC(=O)OC3CCCCC3)n2)c1. The number of morpholine rings is 1. The van der Waals surface area contributed by atoms with E-state index in [1.165, 1.54) is 12.0 Å². The van der Waals surface area contributed by atoms with Crippen LogP contribution in [0.15, 0.2) is 46.6 Å². The zero-order valence-electron chi connectivity index (χ0n) is 20.7. The summed E-state index contributed by atoms with van der Waals surface area (Å²) in [4.78, 5) is 18.9. The summed E-state index contributed by atoms with van der Waals surface area (Å²) in [5.74, 6) is 0.855. The Morgan fingerprint density at radius 2 is 1.97 bits per heavy atom. The second-order valence-corrected chi connectivity index (χ2v) is 9.21.